The van der Waals surface area contributed by atoms with Gasteiger partial charge < -0.3 is 14.8 Å². The molecular formula is C16H14FN7O2. The molecule has 26 heavy (non-hydrogen) atoms. The van der Waals surface area contributed by atoms with Crippen molar-refractivity contribution in [1.29, 1.82) is 0 Å². The number of benzene rings is 1. The molecule has 1 aromatic carbocycles. The number of carbonyl (C=O) groups is 1. The maximum absolute atomic E-state index is 14.8. The summed E-state index contributed by atoms with van der Waals surface area (Å²) in [6, 6.07) is 0. The molecule has 132 valence electrons. The fourth-order valence-electron chi connectivity index (χ4n) is 3.04. The van der Waals surface area contributed by atoms with Gasteiger partial charge in [-0.2, -0.15) is 5.10 Å². The number of hydrogen-bond acceptors (Lipinski definition) is 5. The van der Waals surface area contributed by atoms with Gasteiger partial charge in [-0.15, -0.1) is 0 Å². The molecule has 0 radical (unpaired) electrons. The van der Waals surface area contributed by atoms with Crippen LogP contribution in [0.15, 0.2) is 24.8 Å². The zero-order valence-corrected chi connectivity index (χ0v) is 13.8. The zero-order valence-electron chi connectivity index (χ0n) is 13.8. The van der Waals surface area contributed by atoms with Crippen LogP contribution in [-0.2, 0) is 0 Å². The predicted molar refractivity (Wildman–Crippen MR) is 94.0 cm³/mol. The second-order valence-corrected chi connectivity index (χ2v) is 5.69. The average Bonchev–Trinajstić information content (AvgIpc) is 3.21. The molecule has 9 nitrogen and oxygen atoms in total. The summed E-state index contributed by atoms with van der Waals surface area (Å²) in [6.45, 7) is 1.68. The smallest absolute Gasteiger partial charge is 0.410 e. The minimum atomic E-state index is -1.21. The van der Waals surface area contributed by atoms with Gasteiger partial charge in [0, 0.05) is 24.2 Å². The lowest BCUT2D eigenvalue weighted by Gasteiger charge is -2.13. The van der Waals surface area contributed by atoms with Crippen molar-refractivity contribution in [1.82, 2.24) is 24.6 Å². The summed E-state index contributed by atoms with van der Waals surface area (Å²) >= 11 is 0. The number of nitrogens with zero attached hydrogens (tertiary/aromatic N) is 4. The van der Waals surface area contributed by atoms with Crippen molar-refractivity contribution < 1.29 is 14.3 Å². The lowest BCUT2D eigenvalue weighted by atomic mass is 9.99. The number of aromatic amines is 1. The Hall–Kier alpha value is -3.69. The molecule has 3 aromatic heterocycles. The number of fused-ring (bicyclic) bond motifs is 2. The summed E-state index contributed by atoms with van der Waals surface area (Å²) in [7, 11) is 1.64. The second kappa shape index (κ2) is 5.69. The van der Waals surface area contributed by atoms with E-state index in [4.69, 9.17) is 5.11 Å². The number of hydrogen-bond donors (Lipinski definition) is 4. The number of H-pyrrole nitrogens is 1. The van der Waals surface area contributed by atoms with Crippen molar-refractivity contribution in [2.75, 3.05) is 17.7 Å². The molecular weight excluding hydrogens is 341 g/mol. The Labute approximate surface area is 145 Å². The van der Waals surface area contributed by atoms with Crippen LogP contribution in [0.3, 0.4) is 0 Å². The number of imidazole rings is 1. The van der Waals surface area contributed by atoms with E-state index in [1.165, 1.54) is 12.4 Å². The van der Waals surface area contributed by atoms with E-state index in [2.05, 4.69) is 30.8 Å². The Kier molecular flexibility index (Phi) is 3.46. The number of rotatable bonds is 3. The first-order valence-corrected chi connectivity index (χ1v) is 7.67. The minimum absolute atomic E-state index is 0.179. The number of aromatic nitrogens is 5. The molecule has 0 saturated heterocycles. The van der Waals surface area contributed by atoms with Crippen molar-refractivity contribution in [2.45, 2.75) is 6.92 Å². The first-order valence-electron chi connectivity index (χ1n) is 7.67. The van der Waals surface area contributed by atoms with Crippen molar-refractivity contribution in [2.24, 2.45) is 0 Å². The molecule has 0 unspecified atom stereocenters. The Morgan fingerprint density at radius 1 is 1.35 bits per heavy atom. The Morgan fingerprint density at radius 3 is 2.88 bits per heavy atom. The molecule has 0 atom stereocenters. The van der Waals surface area contributed by atoms with Gasteiger partial charge in [0.1, 0.15) is 0 Å². The molecule has 4 aromatic rings. The Morgan fingerprint density at radius 2 is 2.15 bits per heavy atom. The van der Waals surface area contributed by atoms with Crippen LogP contribution >= 0.6 is 0 Å². The van der Waals surface area contributed by atoms with Crippen LogP contribution in [0.2, 0.25) is 0 Å². The summed E-state index contributed by atoms with van der Waals surface area (Å²) in [4.78, 5) is 19.2. The molecule has 10 heteroatoms. The first kappa shape index (κ1) is 15.8. The van der Waals surface area contributed by atoms with Gasteiger partial charge >= 0.3 is 6.09 Å². The quantitative estimate of drug-likeness (QED) is 0.448. The third kappa shape index (κ3) is 2.31. The second-order valence-electron chi connectivity index (χ2n) is 5.69. The highest BCUT2D eigenvalue weighted by Crippen LogP contribution is 2.37. The molecule has 1 amide bonds. The lowest BCUT2D eigenvalue weighted by Crippen LogP contribution is -2.06. The van der Waals surface area contributed by atoms with Crippen LogP contribution < -0.4 is 10.6 Å². The largest absolute Gasteiger partial charge is 0.465 e. The lowest BCUT2D eigenvalue weighted by molar-refractivity contribution is 0.209. The molecule has 0 bridgehead atoms. The number of amides is 1. The number of halogens is 1. The third-order valence-corrected chi connectivity index (χ3v) is 4.16. The molecule has 0 spiro atoms. The Bertz CT molecular complexity index is 1160. The topological polar surface area (TPSA) is 120 Å². The zero-order chi connectivity index (χ0) is 18.4. The van der Waals surface area contributed by atoms with Gasteiger partial charge in [-0.25, -0.2) is 14.2 Å². The summed E-state index contributed by atoms with van der Waals surface area (Å²) in [5, 5.41) is 21.4. The van der Waals surface area contributed by atoms with Crippen molar-refractivity contribution >= 4 is 34.1 Å². The number of nitrogens with one attached hydrogen (secondary N) is 3. The van der Waals surface area contributed by atoms with Gasteiger partial charge in [0.2, 0.25) is 0 Å². The van der Waals surface area contributed by atoms with E-state index in [0.717, 1.165) is 5.39 Å². The van der Waals surface area contributed by atoms with Gasteiger partial charge in [0.25, 0.3) is 0 Å². The van der Waals surface area contributed by atoms with Gasteiger partial charge in [-0.1, -0.05) is 0 Å². The van der Waals surface area contributed by atoms with E-state index in [9.17, 15) is 9.18 Å². The normalized spacial score (nSPS) is 11.2. The summed E-state index contributed by atoms with van der Waals surface area (Å²) in [6.07, 6.45) is 5.10. The SMILES string of the molecule is CNc1c(F)c(C)c(-c2cn3cc(NC(=O)O)nc3cn2)c2cn[nH]c12. The van der Waals surface area contributed by atoms with E-state index in [-0.39, 0.29) is 11.6 Å². The van der Waals surface area contributed by atoms with Crippen molar-refractivity contribution in [3.63, 3.8) is 0 Å². The standard InChI is InChI=1S/C16H14FN7O2/c1-7-12(8-3-20-23-14(8)15(18-2)13(7)17)9-5-24-6-10(22-16(25)26)21-11(24)4-19-9/h3-6,18,22H,1-2H3,(H,20,23)(H,25,26). The van der Waals surface area contributed by atoms with E-state index in [1.54, 1.807) is 30.8 Å². The van der Waals surface area contributed by atoms with Gasteiger partial charge in [0.15, 0.2) is 17.3 Å². The van der Waals surface area contributed by atoms with Gasteiger partial charge in [-0.3, -0.25) is 15.4 Å². The predicted octanol–water partition coefficient (Wildman–Crippen LogP) is 2.85. The van der Waals surface area contributed by atoms with Crippen molar-refractivity contribution in [3.8, 4) is 11.3 Å². The van der Waals surface area contributed by atoms with Gasteiger partial charge in [0.05, 0.1) is 35.5 Å². The van der Waals surface area contributed by atoms with E-state index in [0.29, 0.717) is 33.7 Å². The monoisotopic (exact) mass is 355 g/mol. The number of anilines is 2. The highest BCUT2D eigenvalue weighted by molar-refractivity contribution is 6.02. The molecule has 0 fully saturated rings. The Balaban J connectivity index is 1.94. The highest BCUT2D eigenvalue weighted by Gasteiger charge is 2.20. The summed E-state index contributed by atoms with van der Waals surface area (Å²) in [5.74, 6) is -0.210. The van der Waals surface area contributed by atoms with Crippen molar-refractivity contribution in [3.05, 3.63) is 36.2 Å². The maximum atomic E-state index is 14.8. The fourth-order valence-corrected chi connectivity index (χ4v) is 3.04. The molecule has 0 aliphatic heterocycles. The summed E-state index contributed by atoms with van der Waals surface area (Å²) < 4.78 is 16.4. The minimum Gasteiger partial charge on any atom is -0.465 e. The van der Waals surface area contributed by atoms with Crippen LogP contribution in [0, 0.1) is 12.7 Å². The fraction of sp³-hybridized carbons (Fsp3) is 0.125. The van der Waals surface area contributed by atoms with E-state index in [1.807, 2.05) is 0 Å². The third-order valence-electron chi connectivity index (χ3n) is 4.16. The van der Waals surface area contributed by atoms with Crippen LogP contribution in [0.1, 0.15) is 5.56 Å². The van der Waals surface area contributed by atoms with Crippen LogP contribution in [0.25, 0.3) is 27.8 Å². The van der Waals surface area contributed by atoms with Gasteiger partial charge in [-0.05, 0) is 12.5 Å². The highest BCUT2D eigenvalue weighted by atomic mass is 19.1. The first-order chi connectivity index (χ1) is 12.5. The molecule has 0 aliphatic rings. The maximum Gasteiger partial charge on any atom is 0.410 e. The van der Waals surface area contributed by atoms with Crippen LogP contribution in [0.5, 0.6) is 0 Å². The summed E-state index contributed by atoms with van der Waals surface area (Å²) in [5.41, 5.74) is 2.91. The van der Waals surface area contributed by atoms with Crippen LogP contribution in [0.4, 0.5) is 20.7 Å². The average molecular weight is 355 g/mol. The molecule has 4 N–H and O–H groups in total. The molecule has 4 rings (SSSR count). The van der Waals surface area contributed by atoms with E-state index >= 15 is 0 Å². The molecule has 0 aliphatic carbocycles. The number of carboxylic acid groups (broad SMARTS) is 1. The van der Waals surface area contributed by atoms with Crippen LogP contribution in [-0.4, -0.2) is 42.8 Å². The van der Waals surface area contributed by atoms with E-state index < -0.39 is 6.09 Å². The molecule has 0 saturated carbocycles. The molecule has 3 heterocycles.